The van der Waals surface area contributed by atoms with Gasteiger partial charge in [0.1, 0.15) is 6.04 Å². The summed E-state index contributed by atoms with van der Waals surface area (Å²) in [5, 5.41) is 17.3. The first kappa shape index (κ1) is 13.5. The van der Waals surface area contributed by atoms with Crippen LogP contribution in [0, 0.1) is 0 Å². The second-order valence-electron chi connectivity index (χ2n) is 3.46. The molecule has 0 heterocycles. The van der Waals surface area contributed by atoms with Crippen LogP contribution < -0.4 is 5.73 Å². The molecule has 0 saturated heterocycles. The molecule has 6 heteroatoms. The predicted molar refractivity (Wildman–Crippen MR) is 65.2 cm³/mol. The number of hydrogen-bond acceptors (Lipinski definition) is 4. The summed E-state index contributed by atoms with van der Waals surface area (Å²) in [6, 6.07) is 5.61. The van der Waals surface area contributed by atoms with Crippen molar-refractivity contribution < 1.29 is 19.8 Å². The SMILES string of the molecule is NC(CSCc1ccc(C(=O)O)cc1)C(=O)O. The first-order valence-corrected chi connectivity index (χ1v) is 6.04. The van der Waals surface area contributed by atoms with Crippen LogP contribution in [0.15, 0.2) is 24.3 Å². The second kappa shape index (κ2) is 6.27. The Labute approximate surface area is 103 Å². The van der Waals surface area contributed by atoms with E-state index in [0.717, 1.165) is 5.56 Å². The summed E-state index contributed by atoms with van der Waals surface area (Å²) in [4.78, 5) is 21.1. The molecule has 0 aliphatic heterocycles. The number of nitrogens with two attached hydrogens (primary N) is 1. The van der Waals surface area contributed by atoms with Crippen molar-refractivity contribution in [2.45, 2.75) is 11.8 Å². The maximum atomic E-state index is 10.6. The van der Waals surface area contributed by atoms with Gasteiger partial charge in [-0.15, -0.1) is 0 Å². The molecule has 0 fully saturated rings. The van der Waals surface area contributed by atoms with Crippen molar-refractivity contribution in [2.24, 2.45) is 5.73 Å². The van der Waals surface area contributed by atoms with E-state index in [1.165, 1.54) is 23.9 Å². The van der Waals surface area contributed by atoms with Gasteiger partial charge in [-0.25, -0.2) is 4.79 Å². The van der Waals surface area contributed by atoms with E-state index in [1.807, 2.05) is 0 Å². The van der Waals surface area contributed by atoms with Crippen molar-refractivity contribution in [1.29, 1.82) is 0 Å². The molecule has 0 saturated carbocycles. The minimum Gasteiger partial charge on any atom is -0.480 e. The standard InChI is InChI=1S/C11H13NO4S/c12-9(11(15)16)6-17-5-7-1-3-8(4-2-7)10(13)14/h1-4,9H,5-6,12H2,(H,13,14)(H,15,16). The van der Waals surface area contributed by atoms with Crippen molar-refractivity contribution in [2.75, 3.05) is 5.75 Å². The summed E-state index contributed by atoms with van der Waals surface area (Å²) in [6.45, 7) is 0. The van der Waals surface area contributed by atoms with Crippen LogP contribution in [-0.4, -0.2) is 33.9 Å². The number of aromatic carboxylic acids is 1. The van der Waals surface area contributed by atoms with E-state index >= 15 is 0 Å². The molecule has 1 unspecified atom stereocenters. The van der Waals surface area contributed by atoms with Gasteiger partial charge in [0.25, 0.3) is 0 Å². The van der Waals surface area contributed by atoms with E-state index in [9.17, 15) is 9.59 Å². The Morgan fingerprint density at radius 1 is 1.24 bits per heavy atom. The average Bonchev–Trinajstić information content (AvgIpc) is 2.29. The number of carbonyl (C=O) groups is 2. The van der Waals surface area contributed by atoms with E-state index in [-0.39, 0.29) is 5.56 Å². The molecule has 4 N–H and O–H groups in total. The maximum absolute atomic E-state index is 10.6. The van der Waals surface area contributed by atoms with Gasteiger partial charge in [0.2, 0.25) is 0 Å². The summed E-state index contributed by atoms with van der Waals surface area (Å²) in [6.07, 6.45) is 0. The third-order valence-electron chi connectivity index (χ3n) is 2.08. The molecule has 17 heavy (non-hydrogen) atoms. The van der Waals surface area contributed by atoms with Crippen LogP contribution in [0.3, 0.4) is 0 Å². The fourth-order valence-electron chi connectivity index (χ4n) is 1.12. The Morgan fingerprint density at radius 3 is 2.29 bits per heavy atom. The molecule has 0 bridgehead atoms. The minimum absolute atomic E-state index is 0.237. The molecular weight excluding hydrogens is 242 g/mol. The zero-order valence-corrected chi connectivity index (χ0v) is 9.81. The lowest BCUT2D eigenvalue weighted by Crippen LogP contribution is -2.32. The number of rotatable bonds is 6. The summed E-state index contributed by atoms with van der Waals surface area (Å²) < 4.78 is 0. The summed E-state index contributed by atoms with van der Waals surface area (Å²) in [5.41, 5.74) is 6.53. The van der Waals surface area contributed by atoms with E-state index in [4.69, 9.17) is 15.9 Å². The highest BCUT2D eigenvalue weighted by molar-refractivity contribution is 7.98. The van der Waals surface area contributed by atoms with Crippen LogP contribution in [-0.2, 0) is 10.5 Å². The number of carboxylic acid groups (broad SMARTS) is 2. The molecule has 0 aromatic heterocycles. The van der Waals surface area contributed by atoms with Crippen LogP contribution in [0.4, 0.5) is 0 Å². The number of aliphatic carboxylic acids is 1. The molecule has 0 amide bonds. The lowest BCUT2D eigenvalue weighted by molar-refractivity contribution is -0.137. The second-order valence-corrected chi connectivity index (χ2v) is 4.49. The highest BCUT2D eigenvalue weighted by Crippen LogP contribution is 2.13. The van der Waals surface area contributed by atoms with Crippen LogP contribution in [0.2, 0.25) is 0 Å². The Balaban J connectivity index is 2.42. The van der Waals surface area contributed by atoms with Gasteiger partial charge in [-0.05, 0) is 17.7 Å². The summed E-state index contributed by atoms with van der Waals surface area (Å²) >= 11 is 1.40. The molecule has 1 atom stereocenters. The number of thioether (sulfide) groups is 1. The number of carboxylic acids is 2. The highest BCUT2D eigenvalue weighted by Gasteiger charge is 2.10. The molecule has 0 spiro atoms. The van der Waals surface area contributed by atoms with Crippen LogP contribution in [0.25, 0.3) is 0 Å². The zero-order valence-electron chi connectivity index (χ0n) is 9.00. The van der Waals surface area contributed by atoms with Gasteiger partial charge in [-0.1, -0.05) is 12.1 Å². The molecule has 1 rings (SSSR count). The average molecular weight is 255 g/mol. The van der Waals surface area contributed by atoms with Gasteiger partial charge >= 0.3 is 11.9 Å². The smallest absolute Gasteiger partial charge is 0.335 e. The van der Waals surface area contributed by atoms with Gasteiger partial charge in [0.15, 0.2) is 0 Å². The Kier molecular flexibility index (Phi) is 4.99. The van der Waals surface area contributed by atoms with E-state index in [1.54, 1.807) is 12.1 Å². The molecule has 0 aliphatic rings. The van der Waals surface area contributed by atoms with Gasteiger partial charge < -0.3 is 15.9 Å². The van der Waals surface area contributed by atoms with Gasteiger partial charge in [0, 0.05) is 11.5 Å². The first-order chi connectivity index (χ1) is 8.00. The van der Waals surface area contributed by atoms with Crippen LogP contribution in [0.1, 0.15) is 15.9 Å². The van der Waals surface area contributed by atoms with Crippen molar-refractivity contribution in [1.82, 2.24) is 0 Å². The normalized spacial score (nSPS) is 12.1. The van der Waals surface area contributed by atoms with Crippen LogP contribution >= 0.6 is 11.8 Å². The monoisotopic (exact) mass is 255 g/mol. The highest BCUT2D eigenvalue weighted by atomic mass is 32.2. The predicted octanol–water partition coefficient (Wildman–Crippen LogP) is 1.03. The maximum Gasteiger partial charge on any atom is 0.335 e. The summed E-state index contributed by atoms with van der Waals surface area (Å²) in [5.74, 6) is -1.03. The van der Waals surface area contributed by atoms with E-state index in [0.29, 0.717) is 11.5 Å². The lowest BCUT2D eigenvalue weighted by Gasteiger charge is -2.06. The Bertz CT molecular complexity index is 404. The molecular formula is C11H13NO4S. The molecule has 0 radical (unpaired) electrons. The molecule has 5 nitrogen and oxygen atoms in total. The lowest BCUT2D eigenvalue weighted by atomic mass is 10.1. The minimum atomic E-state index is -1.02. The van der Waals surface area contributed by atoms with Gasteiger partial charge in [-0.2, -0.15) is 11.8 Å². The Morgan fingerprint density at radius 2 is 1.82 bits per heavy atom. The third kappa shape index (κ3) is 4.46. The molecule has 92 valence electrons. The van der Waals surface area contributed by atoms with Crippen LogP contribution in [0.5, 0.6) is 0 Å². The first-order valence-electron chi connectivity index (χ1n) is 4.89. The van der Waals surface area contributed by atoms with Crippen molar-refractivity contribution in [3.63, 3.8) is 0 Å². The molecule has 1 aromatic carbocycles. The number of hydrogen-bond donors (Lipinski definition) is 3. The number of benzene rings is 1. The molecule has 1 aromatic rings. The quantitative estimate of drug-likeness (QED) is 0.702. The van der Waals surface area contributed by atoms with Gasteiger partial charge in [-0.3, -0.25) is 4.79 Å². The third-order valence-corrected chi connectivity index (χ3v) is 3.22. The fraction of sp³-hybridized carbons (Fsp3) is 0.273. The zero-order chi connectivity index (χ0) is 12.8. The van der Waals surface area contributed by atoms with Gasteiger partial charge in [0.05, 0.1) is 5.56 Å². The van der Waals surface area contributed by atoms with Crippen molar-refractivity contribution in [3.05, 3.63) is 35.4 Å². The van der Waals surface area contributed by atoms with E-state index < -0.39 is 18.0 Å². The largest absolute Gasteiger partial charge is 0.480 e. The Hall–Kier alpha value is -1.53. The van der Waals surface area contributed by atoms with E-state index in [2.05, 4.69) is 0 Å². The topological polar surface area (TPSA) is 101 Å². The summed E-state index contributed by atoms with van der Waals surface area (Å²) in [7, 11) is 0. The van der Waals surface area contributed by atoms with Crippen molar-refractivity contribution >= 4 is 23.7 Å². The fourth-order valence-corrected chi connectivity index (χ4v) is 2.06. The van der Waals surface area contributed by atoms with Crippen molar-refractivity contribution in [3.8, 4) is 0 Å². The molecule has 0 aliphatic carbocycles.